The third-order valence-corrected chi connectivity index (χ3v) is 4.64. The van der Waals surface area contributed by atoms with E-state index in [0.29, 0.717) is 28.7 Å². The minimum atomic E-state index is -0.472. The van der Waals surface area contributed by atoms with Gasteiger partial charge in [-0.05, 0) is 44.0 Å². The van der Waals surface area contributed by atoms with Gasteiger partial charge in [0.15, 0.2) is 5.16 Å². The van der Waals surface area contributed by atoms with Gasteiger partial charge in [-0.3, -0.25) is 9.59 Å². The number of ether oxygens (including phenoxy) is 1. The van der Waals surface area contributed by atoms with E-state index in [1.165, 1.54) is 17.8 Å². The maximum absolute atomic E-state index is 12.4. The molecule has 144 valence electrons. The van der Waals surface area contributed by atoms with Crippen LogP contribution in [0.3, 0.4) is 0 Å². The first-order chi connectivity index (χ1) is 12.8. The van der Waals surface area contributed by atoms with Crippen LogP contribution in [-0.4, -0.2) is 33.7 Å². The number of aromatic nitrogens is 2. The number of aromatic amines is 1. The van der Waals surface area contributed by atoms with Gasteiger partial charge in [0.1, 0.15) is 0 Å². The molecule has 2 aromatic rings. The number of thioether (sulfide) groups is 1. The molecule has 27 heavy (non-hydrogen) atoms. The molecule has 8 heteroatoms. The first-order valence-corrected chi connectivity index (χ1v) is 9.54. The predicted octanol–water partition coefficient (Wildman–Crippen LogP) is 3.19. The average Bonchev–Trinajstić information content (AvgIpc) is 2.61. The lowest BCUT2D eigenvalue weighted by atomic mass is 10.1. The number of nitrogens with one attached hydrogen (secondary N) is 2. The first kappa shape index (κ1) is 20.7. The van der Waals surface area contributed by atoms with Crippen molar-refractivity contribution >= 4 is 29.3 Å². The van der Waals surface area contributed by atoms with E-state index in [4.69, 9.17) is 4.74 Å². The number of nitrogens with zero attached hydrogens (tertiary/aromatic N) is 1. The summed E-state index contributed by atoms with van der Waals surface area (Å²) in [5.41, 5.74) is 1.43. The number of hydrogen-bond donors (Lipinski definition) is 2. The van der Waals surface area contributed by atoms with Crippen LogP contribution in [0.1, 0.15) is 49.7 Å². The van der Waals surface area contributed by atoms with Gasteiger partial charge in [-0.15, -0.1) is 0 Å². The Morgan fingerprint density at radius 3 is 2.48 bits per heavy atom. The standard InChI is InChI=1S/C19H23N3O4S/c1-5-26-18(25)13-6-8-14(9-7-13)20-17(24)12(4)27-19-21-15(11(2)3)10-16(23)22-19/h6-12H,5H2,1-4H3,(H,20,24)(H,21,22,23). The molecule has 2 N–H and O–H groups in total. The summed E-state index contributed by atoms with van der Waals surface area (Å²) in [6, 6.07) is 7.93. The van der Waals surface area contributed by atoms with Gasteiger partial charge in [0.25, 0.3) is 5.56 Å². The molecule has 7 nitrogen and oxygen atoms in total. The fourth-order valence-corrected chi connectivity index (χ4v) is 2.99. The van der Waals surface area contributed by atoms with Crippen LogP contribution >= 0.6 is 11.8 Å². The number of anilines is 1. The molecule has 0 aliphatic heterocycles. The first-order valence-electron chi connectivity index (χ1n) is 8.66. The van der Waals surface area contributed by atoms with E-state index in [1.54, 1.807) is 38.1 Å². The zero-order chi connectivity index (χ0) is 20.0. The van der Waals surface area contributed by atoms with Crippen LogP contribution in [0.25, 0.3) is 0 Å². The van der Waals surface area contributed by atoms with Gasteiger partial charge in [-0.1, -0.05) is 25.6 Å². The lowest BCUT2D eigenvalue weighted by Crippen LogP contribution is -2.23. The average molecular weight is 389 g/mol. The highest BCUT2D eigenvalue weighted by atomic mass is 32.2. The van der Waals surface area contributed by atoms with Gasteiger partial charge in [-0.25, -0.2) is 9.78 Å². The molecule has 0 saturated carbocycles. The Kier molecular flexibility index (Phi) is 7.18. The maximum atomic E-state index is 12.4. The lowest BCUT2D eigenvalue weighted by molar-refractivity contribution is -0.115. The van der Waals surface area contributed by atoms with Crippen molar-refractivity contribution in [3.8, 4) is 0 Å². The quantitative estimate of drug-likeness (QED) is 0.428. The van der Waals surface area contributed by atoms with E-state index >= 15 is 0 Å². The highest BCUT2D eigenvalue weighted by molar-refractivity contribution is 8.00. The van der Waals surface area contributed by atoms with Gasteiger partial charge >= 0.3 is 5.97 Å². The van der Waals surface area contributed by atoms with Crippen LogP contribution in [0, 0.1) is 0 Å². The van der Waals surface area contributed by atoms with Crippen molar-refractivity contribution in [1.82, 2.24) is 9.97 Å². The largest absolute Gasteiger partial charge is 0.462 e. The predicted molar refractivity (Wildman–Crippen MR) is 105 cm³/mol. The Balaban J connectivity index is 2.01. The molecule has 0 bridgehead atoms. The number of H-pyrrole nitrogens is 1. The van der Waals surface area contributed by atoms with Crippen LogP contribution in [-0.2, 0) is 9.53 Å². The van der Waals surface area contributed by atoms with Crippen molar-refractivity contribution < 1.29 is 14.3 Å². The third kappa shape index (κ3) is 5.96. The Hall–Kier alpha value is -2.61. The maximum Gasteiger partial charge on any atom is 0.338 e. The fourth-order valence-electron chi connectivity index (χ4n) is 2.17. The highest BCUT2D eigenvalue weighted by Gasteiger charge is 2.17. The third-order valence-electron chi connectivity index (χ3n) is 3.65. The lowest BCUT2D eigenvalue weighted by Gasteiger charge is -2.13. The molecule has 1 amide bonds. The Morgan fingerprint density at radius 1 is 1.22 bits per heavy atom. The van der Waals surface area contributed by atoms with Crippen molar-refractivity contribution in [1.29, 1.82) is 0 Å². The molecule has 0 saturated heterocycles. The summed E-state index contributed by atoms with van der Waals surface area (Å²) < 4.78 is 4.92. The van der Waals surface area contributed by atoms with Crippen LogP contribution in [0.15, 0.2) is 40.3 Å². The summed E-state index contributed by atoms with van der Waals surface area (Å²) >= 11 is 1.18. The van der Waals surface area contributed by atoms with E-state index in [1.807, 2.05) is 13.8 Å². The topological polar surface area (TPSA) is 101 Å². The SMILES string of the molecule is CCOC(=O)c1ccc(NC(=O)C(C)Sc2nc(C(C)C)cc(=O)[nH]2)cc1. The van der Waals surface area contributed by atoms with Crippen molar-refractivity contribution in [2.24, 2.45) is 0 Å². The number of carbonyl (C=O) groups excluding carboxylic acids is 2. The summed E-state index contributed by atoms with van der Waals surface area (Å²) in [5, 5.41) is 2.72. The smallest absolute Gasteiger partial charge is 0.338 e. The van der Waals surface area contributed by atoms with Gasteiger partial charge in [-0.2, -0.15) is 0 Å². The van der Waals surface area contributed by atoms with Gasteiger partial charge < -0.3 is 15.0 Å². The molecule has 0 spiro atoms. The summed E-state index contributed by atoms with van der Waals surface area (Å²) in [5.74, 6) is -0.519. The minimum Gasteiger partial charge on any atom is -0.462 e. The minimum absolute atomic E-state index is 0.119. The normalized spacial score (nSPS) is 11.9. The number of benzene rings is 1. The van der Waals surface area contributed by atoms with Crippen molar-refractivity contribution in [2.45, 2.75) is 44.0 Å². The van der Waals surface area contributed by atoms with Crippen LogP contribution in [0.5, 0.6) is 0 Å². The second-order valence-corrected chi connectivity index (χ2v) is 7.51. The Labute approximate surface area is 161 Å². The zero-order valence-corrected chi connectivity index (χ0v) is 16.6. The van der Waals surface area contributed by atoms with E-state index in [2.05, 4.69) is 15.3 Å². The molecule has 1 aromatic carbocycles. The molecule has 0 aliphatic rings. The molecule has 1 atom stereocenters. The van der Waals surface area contributed by atoms with Crippen LogP contribution in [0.2, 0.25) is 0 Å². The highest BCUT2D eigenvalue weighted by Crippen LogP contribution is 2.22. The summed E-state index contributed by atoms with van der Waals surface area (Å²) in [4.78, 5) is 42.8. The summed E-state index contributed by atoms with van der Waals surface area (Å²) in [6.07, 6.45) is 0. The van der Waals surface area contributed by atoms with Gasteiger partial charge in [0.2, 0.25) is 5.91 Å². The molecular weight excluding hydrogens is 366 g/mol. The molecule has 0 fully saturated rings. The van der Waals surface area contributed by atoms with Crippen LogP contribution < -0.4 is 10.9 Å². The van der Waals surface area contributed by atoms with Crippen molar-refractivity contribution in [2.75, 3.05) is 11.9 Å². The molecule has 2 rings (SSSR count). The number of carbonyl (C=O) groups is 2. The number of esters is 1. The summed E-state index contributed by atoms with van der Waals surface area (Å²) in [7, 11) is 0. The second-order valence-electron chi connectivity index (χ2n) is 6.18. The number of amides is 1. The second kappa shape index (κ2) is 9.36. The Bertz CT molecular complexity index is 862. The number of rotatable bonds is 7. The van der Waals surface area contributed by atoms with Crippen LogP contribution in [0.4, 0.5) is 5.69 Å². The zero-order valence-electron chi connectivity index (χ0n) is 15.7. The van der Waals surface area contributed by atoms with E-state index in [0.717, 1.165) is 0 Å². The molecule has 1 aromatic heterocycles. The molecular formula is C19H23N3O4S. The fraction of sp³-hybridized carbons (Fsp3) is 0.368. The number of hydrogen-bond acceptors (Lipinski definition) is 6. The van der Waals surface area contributed by atoms with Crippen molar-refractivity contribution in [3.05, 3.63) is 51.9 Å². The van der Waals surface area contributed by atoms with E-state index in [-0.39, 0.29) is 17.4 Å². The summed E-state index contributed by atoms with van der Waals surface area (Å²) in [6.45, 7) is 7.68. The molecule has 1 heterocycles. The molecule has 1 unspecified atom stereocenters. The van der Waals surface area contributed by atoms with E-state index < -0.39 is 11.2 Å². The Morgan fingerprint density at radius 2 is 1.89 bits per heavy atom. The monoisotopic (exact) mass is 389 g/mol. The van der Waals surface area contributed by atoms with Crippen molar-refractivity contribution in [3.63, 3.8) is 0 Å². The molecule has 0 aliphatic carbocycles. The van der Waals surface area contributed by atoms with Gasteiger partial charge in [0.05, 0.1) is 23.1 Å². The van der Waals surface area contributed by atoms with Gasteiger partial charge in [0, 0.05) is 11.8 Å². The molecule has 0 radical (unpaired) electrons. The van der Waals surface area contributed by atoms with E-state index in [9.17, 15) is 14.4 Å².